The number of amides is 1. The molecule has 1 aliphatic rings. The molecule has 6 nitrogen and oxygen atoms in total. The summed E-state index contributed by atoms with van der Waals surface area (Å²) in [5.74, 6) is -0.186. The minimum atomic E-state index is -0.240. The summed E-state index contributed by atoms with van der Waals surface area (Å²) in [6.07, 6.45) is 2.66. The Balaban J connectivity index is 1.28. The van der Waals surface area contributed by atoms with Crippen molar-refractivity contribution in [1.82, 2.24) is 19.4 Å². The Morgan fingerprint density at radius 2 is 1.69 bits per heavy atom. The number of benzene rings is 3. The number of para-hydroxylation sites is 2. The summed E-state index contributed by atoms with van der Waals surface area (Å²) < 4.78 is 16.1. The van der Waals surface area contributed by atoms with Crippen LogP contribution in [0.2, 0.25) is 0 Å². The van der Waals surface area contributed by atoms with Crippen LogP contribution in [-0.2, 0) is 0 Å². The molecule has 1 amide bonds. The highest BCUT2D eigenvalue weighted by Crippen LogP contribution is 2.31. The smallest absolute Gasteiger partial charge is 0.326 e. The van der Waals surface area contributed by atoms with Crippen molar-refractivity contribution in [3.05, 3.63) is 106 Å². The summed E-state index contributed by atoms with van der Waals surface area (Å²) in [6, 6.07) is 22.7. The van der Waals surface area contributed by atoms with Gasteiger partial charge in [-0.2, -0.15) is 0 Å². The second-order valence-corrected chi connectivity index (χ2v) is 10.4. The third-order valence-electron chi connectivity index (χ3n) is 8.14. The first-order valence-electron chi connectivity index (χ1n) is 14.0. The lowest BCUT2D eigenvalue weighted by Crippen LogP contribution is -2.37. The highest BCUT2D eigenvalue weighted by Gasteiger charge is 2.25. The van der Waals surface area contributed by atoms with E-state index in [2.05, 4.69) is 9.88 Å². The fraction of sp³-hybridized carbons (Fsp3) is 0.375. The molecule has 1 N–H and O–H groups in total. The summed E-state index contributed by atoms with van der Waals surface area (Å²) in [4.78, 5) is 32.7. The van der Waals surface area contributed by atoms with Gasteiger partial charge >= 0.3 is 5.69 Å². The maximum absolute atomic E-state index is 14.2. The number of H-pyrrole nitrogens is 1. The van der Waals surface area contributed by atoms with Crippen molar-refractivity contribution in [3.8, 4) is 0 Å². The topological polar surface area (TPSA) is 61.3 Å². The van der Waals surface area contributed by atoms with E-state index in [-0.39, 0.29) is 29.4 Å². The largest absolute Gasteiger partial charge is 0.339 e. The number of likely N-dealkylation sites (tertiary alicyclic amines) is 1. The molecule has 0 spiro atoms. The summed E-state index contributed by atoms with van der Waals surface area (Å²) in [5.41, 5.74) is 4.51. The molecule has 1 fully saturated rings. The zero-order chi connectivity index (χ0) is 27.4. The van der Waals surface area contributed by atoms with E-state index in [0.29, 0.717) is 18.7 Å². The minimum absolute atomic E-state index is 0.0206. The van der Waals surface area contributed by atoms with Gasteiger partial charge in [0.05, 0.1) is 11.0 Å². The van der Waals surface area contributed by atoms with E-state index in [1.54, 1.807) is 12.1 Å². The number of nitrogens with zero attached hydrogens (tertiary/aromatic N) is 3. The van der Waals surface area contributed by atoms with Crippen LogP contribution in [0.4, 0.5) is 4.39 Å². The van der Waals surface area contributed by atoms with E-state index in [1.165, 1.54) is 6.07 Å². The predicted octanol–water partition coefficient (Wildman–Crippen LogP) is 5.81. The van der Waals surface area contributed by atoms with Crippen LogP contribution < -0.4 is 5.69 Å². The number of fused-ring (bicyclic) bond motifs is 1. The molecule has 3 aromatic carbocycles. The number of aromatic nitrogens is 2. The third kappa shape index (κ3) is 5.83. The maximum Gasteiger partial charge on any atom is 0.326 e. The average molecular weight is 529 g/mol. The highest BCUT2D eigenvalue weighted by molar-refractivity contribution is 5.94. The van der Waals surface area contributed by atoms with E-state index in [0.717, 1.165) is 61.1 Å². The number of carbonyl (C=O) groups excluding carboxylic acids is 1. The Bertz CT molecular complexity index is 1460. The van der Waals surface area contributed by atoms with Gasteiger partial charge < -0.3 is 14.8 Å². The van der Waals surface area contributed by atoms with Crippen molar-refractivity contribution in [2.75, 3.05) is 32.7 Å². The molecular weight excluding hydrogens is 491 g/mol. The summed E-state index contributed by atoms with van der Waals surface area (Å²) in [5, 5.41) is 0. The van der Waals surface area contributed by atoms with Crippen molar-refractivity contribution in [2.45, 2.75) is 45.1 Å². The molecule has 204 valence electrons. The van der Waals surface area contributed by atoms with Gasteiger partial charge in [-0.25, -0.2) is 9.18 Å². The van der Waals surface area contributed by atoms with Crippen molar-refractivity contribution in [1.29, 1.82) is 0 Å². The van der Waals surface area contributed by atoms with Crippen LogP contribution in [0.3, 0.4) is 0 Å². The van der Waals surface area contributed by atoms with E-state index in [9.17, 15) is 14.0 Å². The van der Waals surface area contributed by atoms with Crippen LogP contribution in [0.1, 0.15) is 66.6 Å². The zero-order valence-electron chi connectivity index (χ0n) is 22.8. The Hall–Kier alpha value is -3.71. The van der Waals surface area contributed by atoms with Crippen molar-refractivity contribution in [2.24, 2.45) is 0 Å². The molecule has 0 saturated carbocycles. The number of nitrogens with one attached hydrogen (secondary N) is 1. The first kappa shape index (κ1) is 26.9. The van der Waals surface area contributed by atoms with Gasteiger partial charge in [0.2, 0.25) is 0 Å². The van der Waals surface area contributed by atoms with Crippen LogP contribution in [0.25, 0.3) is 11.0 Å². The van der Waals surface area contributed by atoms with Crippen LogP contribution in [0.15, 0.2) is 77.6 Å². The van der Waals surface area contributed by atoms with Gasteiger partial charge in [-0.1, -0.05) is 36.4 Å². The first-order chi connectivity index (χ1) is 19.0. The fourth-order valence-corrected chi connectivity index (χ4v) is 5.95. The van der Waals surface area contributed by atoms with Crippen molar-refractivity contribution in [3.63, 3.8) is 0 Å². The molecule has 0 bridgehead atoms. The van der Waals surface area contributed by atoms with Crippen LogP contribution >= 0.6 is 0 Å². The van der Waals surface area contributed by atoms with E-state index in [1.807, 2.05) is 77.9 Å². The van der Waals surface area contributed by atoms with Crippen molar-refractivity contribution >= 4 is 16.9 Å². The third-order valence-corrected chi connectivity index (χ3v) is 8.14. The molecular formula is C32H37FN4O2. The normalized spacial score (nSPS) is 15.5. The molecule has 4 aromatic rings. The number of halogens is 1. The van der Waals surface area contributed by atoms with Crippen molar-refractivity contribution < 1.29 is 9.18 Å². The molecule has 1 aliphatic heterocycles. The summed E-state index contributed by atoms with van der Waals surface area (Å²) in [7, 11) is 0. The quantitative estimate of drug-likeness (QED) is 0.298. The molecule has 1 unspecified atom stereocenters. The Morgan fingerprint density at radius 3 is 2.38 bits per heavy atom. The Morgan fingerprint density at radius 1 is 0.974 bits per heavy atom. The van der Waals surface area contributed by atoms with Gasteiger partial charge in [0.15, 0.2) is 0 Å². The second kappa shape index (κ2) is 12.0. The minimum Gasteiger partial charge on any atom is -0.339 e. The van der Waals surface area contributed by atoms with Crippen LogP contribution in [0, 0.1) is 5.82 Å². The fourth-order valence-electron chi connectivity index (χ4n) is 5.95. The molecule has 1 saturated heterocycles. The molecule has 39 heavy (non-hydrogen) atoms. The SMILES string of the molecule is CCN(CC)C(=O)c1ccc(C(CCN2CCC(n3c(=O)[nH]c4ccccc43)CC2)c2cccc(F)c2)cc1. The highest BCUT2D eigenvalue weighted by atomic mass is 19.1. The lowest BCUT2D eigenvalue weighted by Gasteiger charge is -2.33. The van der Waals surface area contributed by atoms with Gasteiger partial charge in [0.25, 0.3) is 5.91 Å². The molecule has 1 atom stereocenters. The van der Waals surface area contributed by atoms with Gasteiger partial charge in [-0.05, 0) is 87.2 Å². The molecule has 0 radical (unpaired) electrons. The number of hydrogen-bond donors (Lipinski definition) is 1. The van der Waals surface area contributed by atoms with Crippen LogP contribution in [0.5, 0.6) is 0 Å². The van der Waals surface area contributed by atoms with Gasteiger partial charge in [-0.3, -0.25) is 9.36 Å². The second-order valence-electron chi connectivity index (χ2n) is 10.4. The number of carbonyl (C=O) groups is 1. The van der Waals surface area contributed by atoms with E-state index in [4.69, 9.17) is 0 Å². The Kier molecular flexibility index (Phi) is 8.27. The molecule has 7 heteroatoms. The average Bonchev–Trinajstić information content (AvgIpc) is 3.30. The van der Waals surface area contributed by atoms with Crippen LogP contribution in [-0.4, -0.2) is 58.0 Å². The number of aromatic amines is 1. The predicted molar refractivity (Wildman–Crippen MR) is 154 cm³/mol. The van der Waals surface area contributed by atoms with Gasteiger partial charge in [-0.15, -0.1) is 0 Å². The molecule has 5 rings (SSSR count). The number of rotatable bonds is 9. The van der Waals surface area contributed by atoms with Gasteiger partial charge in [0, 0.05) is 43.7 Å². The monoisotopic (exact) mass is 528 g/mol. The lowest BCUT2D eigenvalue weighted by molar-refractivity contribution is 0.0773. The summed E-state index contributed by atoms with van der Waals surface area (Å²) in [6.45, 7) is 8.00. The standard InChI is InChI=1S/C32H37FN4O2/c1-3-36(4-2)31(38)24-14-12-23(13-15-24)28(25-8-7-9-26(33)22-25)18-21-35-19-16-27(17-20-35)37-30-11-6-5-10-29(30)34-32(37)39/h5-15,22,27-28H,3-4,16-21H2,1-2H3,(H,34,39). The van der Waals surface area contributed by atoms with Gasteiger partial charge in [0.1, 0.15) is 5.82 Å². The molecule has 0 aliphatic carbocycles. The molecule has 1 aromatic heterocycles. The maximum atomic E-state index is 14.2. The molecule has 2 heterocycles. The summed E-state index contributed by atoms with van der Waals surface area (Å²) >= 11 is 0. The number of imidazole rings is 1. The van der Waals surface area contributed by atoms with E-state index >= 15 is 0 Å². The van der Waals surface area contributed by atoms with E-state index < -0.39 is 0 Å². The Labute approximate surface area is 229 Å². The number of piperidine rings is 1. The number of hydrogen-bond acceptors (Lipinski definition) is 3. The lowest BCUT2D eigenvalue weighted by atomic mass is 9.87. The zero-order valence-corrected chi connectivity index (χ0v) is 22.8. The first-order valence-corrected chi connectivity index (χ1v) is 14.0.